The fourth-order valence-corrected chi connectivity index (χ4v) is 12.2. The largest absolute Gasteiger partial charge is 0.134 e. The summed E-state index contributed by atoms with van der Waals surface area (Å²) in [7, 11) is 0. The highest BCUT2D eigenvalue weighted by Crippen LogP contribution is 2.56. The Bertz CT molecular complexity index is 3740. The fraction of sp³-hybridized carbons (Fsp3) is 0.0508. The Morgan fingerprint density at radius 1 is 0.333 bits per heavy atom. The first-order valence-electron chi connectivity index (χ1n) is 21.0. The van der Waals surface area contributed by atoms with Gasteiger partial charge in [0.25, 0.3) is 0 Å². The third-order valence-corrected chi connectivity index (χ3v) is 14.8. The Morgan fingerprint density at radius 3 is 1.53 bits per heavy atom. The molecule has 0 unspecified atom stereocenters. The molecule has 11 aromatic carbocycles. The molecule has 13 rings (SSSR count). The van der Waals surface area contributed by atoms with Gasteiger partial charge in [-0.05, 0) is 116 Å². The van der Waals surface area contributed by atoms with Crippen LogP contribution in [0.5, 0.6) is 0 Å². The molecule has 0 saturated heterocycles. The van der Waals surface area contributed by atoms with Gasteiger partial charge >= 0.3 is 0 Å². The summed E-state index contributed by atoms with van der Waals surface area (Å²) in [6, 6.07) is 72.9. The number of benzene rings is 11. The van der Waals surface area contributed by atoms with Crippen molar-refractivity contribution in [2.75, 3.05) is 0 Å². The van der Waals surface area contributed by atoms with Gasteiger partial charge in [0, 0.05) is 31.2 Å². The summed E-state index contributed by atoms with van der Waals surface area (Å²) >= 11 is 1.95. The van der Waals surface area contributed by atoms with Crippen molar-refractivity contribution >= 4 is 85.4 Å². The Balaban J connectivity index is 1.04. The molecule has 12 aromatic rings. The Kier molecular flexibility index (Phi) is 7.04. The first-order chi connectivity index (χ1) is 29.5. The zero-order valence-electron chi connectivity index (χ0n) is 33.4. The summed E-state index contributed by atoms with van der Waals surface area (Å²) in [5, 5.41) is 15.5. The predicted molar refractivity (Wildman–Crippen MR) is 261 cm³/mol. The molecule has 1 heteroatoms. The first-order valence-corrected chi connectivity index (χ1v) is 21.8. The molecule has 0 radical (unpaired) electrons. The van der Waals surface area contributed by atoms with Crippen LogP contribution in [0.25, 0.3) is 119 Å². The summed E-state index contributed by atoms with van der Waals surface area (Å²) in [5.41, 5.74) is 13.1. The van der Waals surface area contributed by atoms with Crippen LogP contribution in [0.1, 0.15) is 25.0 Å². The van der Waals surface area contributed by atoms with Gasteiger partial charge in [-0.1, -0.05) is 196 Å². The van der Waals surface area contributed by atoms with Crippen LogP contribution >= 0.6 is 11.3 Å². The van der Waals surface area contributed by atoms with Gasteiger partial charge in [0.1, 0.15) is 0 Å². The van der Waals surface area contributed by atoms with Gasteiger partial charge in [-0.25, -0.2) is 0 Å². The van der Waals surface area contributed by atoms with Crippen LogP contribution in [0.4, 0.5) is 0 Å². The highest BCUT2D eigenvalue weighted by atomic mass is 32.1. The average Bonchev–Trinajstić information content (AvgIpc) is 3.79. The molecule has 1 aliphatic carbocycles. The van der Waals surface area contributed by atoms with Crippen molar-refractivity contribution in [3.63, 3.8) is 0 Å². The molecule has 0 nitrogen and oxygen atoms in total. The summed E-state index contributed by atoms with van der Waals surface area (Å²) in [4.78, 5) is 0. The fourth-order valence-electron chi connectivity index (χ4n) is 10.9. The molecule has 0 fully saturated rings. The number of hydrogen-bond donors (Lipinski definition) is 0. The topological polar surface area (TPSA) is 0 Å². The molecule has 0 atom stereocenters. The molecule has 1 heterocycles. The van der Waals surface area contributed by atoms with Gasteiger partial charge in [-0.2, -0.15) is 0 Å². The van der Waals surface area contributed by atoms with Gasteiger partial charge in [0.05, 0.1) is 0 Å². The minimum Gasteiger partial charge on any atom is -0.134 e. The van der Waals surface area contributed by atoms with E-state index in [2.05, 4.69) is 208 Å². The van der Waals surface area contributed by atoms with E-state index >= 15 is 0 Å². The van der Waals surface area contributed by atoms with Gasteiger partial charge in [-0.15, -0.1) is 11.3 Å². The number of hydrogen-bond acceptors (Lipinski definition) is 1. The molecule has 280 valence electrons. The molecule has 0 aliphatic heterocycles. The van der Waals surface area contributed by atoms with Crippen LogP contribution in [-0.4, -0.2) is 0 Å². The van der Waals surface area contributed by atoms with Crippen molar-refractivity contribution in [2.45, 2.75) is 19.3 Å². The highest BCUT2D eigenvalue weighted by molar-refractivity contribution is 7.26. The van der Waals surface area contributed by atoms with Crippen molar-refractivity contribution in [3.05, 3.63) is 205 Å². The number of rotatable bonds is 3. The summed E-state index contributed by atoms with van der Waals surface area (Å²) in [6.45, 7) is 4.80. The Hall–Kier alpha value is -7.06. The van der Waals surface area contributed by atoms with Crippen LogP contribution < -0.4 is 0 Å². The molecule has 0 amide bonds. The lowest BCUT2D eigenvalue weighted by Crippen LogP contribution is -2.14. The second kappa shape index (κ2) is 12.5. The normalized spacial score (nSPS) is 13.3. The lowest BCUT2D eigenvalue weighted by Gasteiger charge is -2.22. The van der Waals surface area contributed by atoms with Gasteiger partial charge in [0.15, 0.2) is 0 Å². The maximum Gasteiger partial charge on any atom is 0.0437 e. The van der Waals surface area contributed by atoms with E-state index in [-0.39, 0.29) is 5.41 Å². The van der Waals surface area contributed by atoms with E-state index in [1.54, 1.807) is 0 Å². The van der Waals surface area contributed by atoms with Crippen LogP contribution in [0.3, 0.4) is 0 Å². The van der Waals surface area contributed by atoms with Crippen molar-refractivity contribution in [1.82, 2.24) is 0 Å². The molecule has 60 heavy (non-hydrogen) atoms. The molecule has 0 bridgehead atoms. The third kappa shape index (κ3) is 4.61. The second-order valence-corrected chi connectivity index (χ2v) is 18.1. The smallest absolute Gasteiger partial charge is 0.0437 e. The van der Waals surface area contributed by atoms with Crippen LogP contribution in [0.2, 0.25) is 0 Å². The lowest BCUT2D eigenvalue weighted by atomic mass is 9.81. The van der Waals surface area contributed by atoms with E-state index in [1.165, 1.54) is 130 Å². The van der Waals surface area contributed by atoms with Crippen molar-refractivity contribution in [1.29, 1.82) is 0 Å². The van der Waals surface area contributed by atoms with Gasteiger partial charge in [0.2, 0.25) is 0 Å². The number of fused-ring (bicyclic) bond motifs is 13. The minimum absolute atomic E-state index is 0.0954. The van der Waals surface area contributed by atoms with E-state index in [4.69, 9.17) is 0 Å². The minimum atomic E-state index is -0.0954. The molecule has 0 N–H and O–H groups in total. The second-order valence-electron chi connectivity index (χ2n) is 17.1. The van der Waals surface area contributed by atoms with Crippen molar-refractivity contribution in [2.24, 2.45) is 0 Å². The van der Waals surface area contributed by atoms with Crippen LogP contribution in [-0.2, 0) is 5.41 Å². The standard InChI is InChI=1S/C59H38S/c1-59(2)51-31-26-37(34-50(51)57-52(59)32-30-49-56-40-18-6-4-15-36(40)27-33-53(56)60-58(49)57)39-28-29-48(42-20-8-7-19-41(39)42)55-46-23-11-9-21-44(46)54(45-22-10-12-24-47(45)55)43-25-13-16-35-14-3-5-17-38(35)43/h3-34H,1-2H3. The Morgan fingerprint density at radius 2 is 0.850 bits per heavy atom. The van der Waals surface area contributed by atoms with Gasteiger partial charge < -0.3 is 0 Å². The SMILES string of the molecule is CC1(C)c2ccc(-c3ccc(-c4c5ccccc5c(-c5cccc6ccccc56)c5ccccc45)c4ccccc34)cc2-c2c1ccc1c2sc2ccc3ccccc3c21. The summed E-state index contributed by atoms with van der Waals surface area (Å²) in [6.07, 6.45) is 0. The van der Waals surface area contributed by atoms with E-state index in [9.17, 15) is 0 Å². The zero-order chi connectivity index (χ0) is 39.7. The average molecular weight is 779 g/mol. The molecule has 0 spiro atoms. The molecule has 1 aromatic heterocycles. The number of thiophene rings is 1. The van der Waals surface area contributed by atoms with Crippen molar-refractivity contribution in [3.8, 4) is 44.5 Å². The van der Waals surface area contributed by atoms with E-state index < -0.39 is 0 Å². The molecular formula is C59H38S. The lowest BCUT2D eigenvalue weighted by molar-refractivity contribution is 0.661. The highest BCUT2D eigenvalue weighted by Gasteiger charge is 2.37. The first kappa shape index (κ1) is 33.9. The predicted octanol–water partition coefficient (Wildman–Crippen LogP) is 17.1. The van der Waals surface area contributed by atoms with E-state index in [0.29, 0.717) is 0 Å². The molecule has 1 aliphatic rings. The monoisotopic (exact) mass is 778 g/mol. The summed E-state index contributed by atoms with van der Waals surface area (Å²) in [5.74, 6) is 0. The van der Waals surface area contributed by atoms with E-state index in [0.717, 1.165) is 0 Å². The third-order valence-electron chi connectivity index (χ3n) is 13.7. The van der Waals surface area contributed by atoms with Crippen molar-refractivity contribution < 1.29 is 0 Å². The van der Waals surface area contributed by atoms with Gasteiger partial charge in [-0.3, -0.25) is 0 Å². The zero-order valence-corrected chi connectivity index (χ0v) is 34.2. The van der Waals surface area contributed by atoms with E-state index in [1.807, 2.05) is 11.3 Å². The van der Waals surface area contributed by atoms with Crippen LogP contribution in [0, 0.1) is 0 Å². The maximum absolute atomic E-state index is 2.50. The Labute approximate surface area is 352 Å². The quantitative estimate of drug-likeness (QED) is 0.157. The molecular weight excluding hydrogens is 741 g/mol. The molecule has 0 saturated carbocycles. The summed E-state index contributed by atoms with van der Waals surface area (Å²) < 4.78 is 2.75. The maximum atomic E-state index is 2.50. The van der Waals surface area contributed by atoms with Crippen LogP contribution in [0.15, 0.2) is 194 Å².